The standard InChI is InChI=1S/C14H17NO2/c1-2-3-13(15)14(16)10-4-6-11(7-5-10)17-12-8-9-12/h2,4-7,12-13H,1,3,8-9,15H2. The predicted octanol–water partition coefficient (Wildman–Crippen LogP) is 2.31. The fraction of sp³-hybridized carbons (Fsp3) is 0.357. The lowest BCUT2D eigenvalue weighted by Crippen LogP contribution is -2.29. The third-order valence-electron chi connectivity index (χ3n) is 2.72. The van der Waals surface area contributed by atoms with Gasteiger partial charge in [0.15, 0.2) is 5.78 Å². The summed E-state index contributed by atoms with van der Waals surface area (Å²) >= 11 is 0. The fourth-order valence-electron chi connectivity index (χ4n) is 1.58. The Kier molecular flexibility index (Phi) is 3.59. The van der Waals surface area contributed by atoms with E-state index in [2.05, 4.69) is 6.58 Å². The average molecular weight is 231 g/mol. The summed E-state index contributed by atoms with van der Waals surface area (Å²) in [5, 5.41) is 0. The highest BCUT2D eigenvalue weighted by atomic mass is 16.5. The number of nitrogens with two attached hydrogens (primary N) is 1. The minimum atomic E-state index is -0.497. The van der Waals surface area contributed by atoms with Gasteiger partial charge in [-0.3, -0.25) is 4.79 Å². The lowest BCUT2D eigenvalue weighted by Gasteiger charge is -2.09. The summed E-state index contributed by atoms with van der Waals surface area (Å²) in [5.41, 5.74) is 6.36. The lowest BCUT2D eigenvalue weighted by atomic mass is 10.0. The van der Waals surface area contributed by atoms with E-state index in [1.807, 2.05) is 12.1 Å². The Hall–Kier alpha value is -1.61. The molecule has 1 aliphatic rings. The van der Waals surface area contributed by atoms with Crippen molar-refractivity contribution in [2.75, 3.05) is 0 Å². The zero-order valence-corrected chi connectivity index (χ0v) is 9.76. The van der Waals surface area contributed by atoms with Crippen LogP contribution in [0.1, 0.15) is 29.6 Å². The maximum absolute atomic E-state index is 11.9. The van der Waals surface area contributed by atoms with Gasteiger partial charge in [0.2, 0.25) is 0 Å². The molecule has 0 heterocycles. The molecule has 90 valence electrons. The maximum Gasteiger partial charge on any atom is 0.179 e. The van der Waals surface area contributed by atoms with Crippen molar-refractivity contribution in [2.24, 2.45) is 5.73 Å². The Bertz CT molecular complexity index is 407. The number of ether oxygens (including phenoxy) is 1. The van der Waals surface area contributed by atoms with Crippen molar-refractivity contribution < 1.29 is 9.53 Å². The van der Waals surface area contributed by atoms with Gasteiger partial charge in [-0.2, -0.15) is 0 Å². The largest absolute Gasteiger partial charge is 0.490 e. The Morgan fingerprint density at radius 2 is 2.12 bits per heavy atom. The molecule has 1 atom stereocenters. The SMILES string of the molecule is C=CCC(N)C(=O)c1ccc(OC2CC2)cc1. The third-order valence-corrected chi connectivity index (χ3v) is 2.72. The van der Waals surface area contributed by atoms with E-state index < -0.39 is 6.04 Å². The Labute approximate surface area is 101 Å². The van der Waals surface area contributed by atoms with E-state index in [-0.39, 0.29) is 5.78 Å². The van der Waals surface area contributed by atoms with E-state index in [0.29, 0.717) is 18.1 Å². The molecule has 0 aromatic heterocycles. The number of carbonyl (C=O) groups excluding carboxylic acids is 1. The van der Waals surface area contributed by atoms with Crippen molar-refractivity contribution in [3.63, 3.8) is 0 Å². The predicted molar refractivity (Wildman–Crippen MR) is 67.2 cm³/mol. The quantitative estimate of drug-likeness (QED) is 0.603. The first-order valence-electron chi connectivity index (χ1n) is 5.88. The van der Waals surface area contributed by atoms with E-state index in [1.54, 1.807) is 18.2 Å². The molecule has 0 amide bonds. The number of hydrogen-bond donors (Lipinski definition) is 1. The minimum absolute atomic E-state index is 0.0529. The summed E-state index contributed by atoms with van der Waals surface area (Å²) in [6, 6.07) is 6.69. The Morgan fingerprint density at radius 3 is 2.65 bits per heavy atom. The van der Waals surface area contributed by atoms with Crippen LogP contribution in [0, 0.1) is 0 Å². The second-order valence-corrected chi connectivity index (χ2v) is 4.34. The van der Waals surface area contributed by atoms with Crippen LogP contribution >= 0.6 is 0 Å². The first-order valence-corrected chi connectivity index (χ1v) is 5.88. The highest BCUT2D eigenvalue weighted by Crippen LogP contribution is 2.26. The zero-order chi connectivity index (χ0) is 12.3. The molecule has 3 heteroatoms. The van der Waals surface area contributed by atoms with E-state index >= 15 is 0 Å². The molecule has 0 saturated heterocycles. The number of benzene rings is 1. The summed E-state index contributed by atoms with van der Waals surface area (Å²) in [6.07, 6.45) is 4.79. The van der Waals surface area contributed by atoms with Gasteiger partial charge in [0.05, 0.1) is 12.1 Å². The van der Waals surface area contributed by atoms with Gasteiger partial charge in [-0.15, -0.1) is 6.58 Å². The van der Waals surface area contributed by atoms with Crippen LogP contribution in [0.2, 0.25) is 0 Å². The van der Waals surface area contributed by atoms with Gasteiger partial charge in [-0.25, -0.2) is 0 Å². The maximum atomic E-state index is 11.9. The fourth-order valence-corrected chi connectivity index (χ4v) is 1.58. The number of ketones is 1. The molecule has 1 aromatic carbocycles. The highest BCUT2D eigenvalue weighted by molar-refractivity contribution is 6.00. The van der Waals surface area contributed by atoms with Gasteiger partial charge in [0, 0.05) is 5.56 Å². The first kappa shape index (κ1) is 11.9. The van der Waals surface area contributed by atoms with Crippen LogP contribution in [0.5, 0.6) is 5.75 Å². The zero-order valence-electron chi connectivity index (χ0n) is 9.76. The Morgan fingerprint density at radius 1 is 1.47 bits per heavy atom. The molecule has 0 bridgehead atoms. The van der Waals surface area contributed by atoms with Crippen molar-refractivity contribution in [1.82, 2.24) is 0 Å². The van der Waals surface area contributed by atoms with Gasteiger partial charge in [-0.1, -0.05) is 6.08 Å². The summed E-state index contributed by atoms with van der Waals surface area (Å²) in [6.45, 7) is 3.58. The van der Waals surface area contributed by atoms with E-state index in [9.17, 15) is 4.79 Å². The summed E-state index contributed by atoms with van der Waals surface area (Å²) in [7, 11) is 0. The molecule has 2 N–H and O–H groups in total. The monoisotopic (exact) mass is 231 g/mol. The number of hydrogen-bond acceptors (Lipinski definition) is 3. The van der Waals surface area contributed by atoms with Crippen LogP contribution in [-0.4, -0.2) is 17.9 Å². The molecule has 17 heavy (non-hydrogen) atoms. The molecule has 1 aromatic rings. The van der Waals surface area contributed by atoms with Crippen molar-refractivity contribution in [1.29, 1.82) is 0 Å². The van der Waals surface area contributed by atoms with Crippen LogP contribution in [0.25, 0.3) is 0 Å². The molecule has 1 fully saturated rings. The molecule has 0 aliphatic heterocycles. The molecule has 0 spiro atoms. The van der Waals surface area contributed by atoms with Crippen LogP contribution < -0.4 is 10.5 Å². The molecule has 1 aliphatic carbocycles. The van der Waals surface area contributed by atoms with Crippen LogP contribution in [0.3, 0.4) is 0 Å². The van der Waals surface area contributed by atoms with Crippen molar-refractivity contribution >= 4 is 5.78 Å². The third kappa shape index (κ3) is 3.17. The topological polar surface area (TPSA) is 52.3 Å². The summed E-state index contributed by atoms with van der Waals surface area (Å²) in [5.74, 6) is 0.768. The van der Waals surface area contributed by atoms with Gasteiger partial charge >= 0.3 is 0 Å². The molecule has 0 radical (unpaired) electrons. The van der Waals surface area contributed by atoms with Crippen molar-refractivity contribution in [3.05, 3.63) is 42.5 Å². The lowest BCUT2D eigenvalue weighted by molar-refractivity contribution is 0.0962. The van der Waals surface area contributed by atoms with Crippen molar-refractivity contribution in [2.45, 2.75) is 31.4 Å². The number of Topliss-reactive ketones (excluding diaryl/α,β-unsaturated/α-hetero) is 1. The van der Waals surface area contributed by atoms with Crippen LogP contribution in [0.4, 0.5) is 0 Å². The normalized spacial score (nSPS) is 16.3. The molecular weight excluding hydrogens is 214 g/mol. The Balaban J connectivity index is 2.00. The van der Waals surface area contributed by atoms with Gasteiger partial charge < -0.3 is 10.5 Å². The van der Waals surface area contributed by atoms with Gasteiger partial charge in [0.25, 0.3) is 0 Å². The first-order chi connectivity index (χ1) is 8.20. The smallest absolute Gasteiger partial charge is 0.179 e. The van der Waals surface area contributed by atoms with Gasteiger partial charge in [-0.05, 0) is 43.5 Å². The number of rotatable bonds is 6. The van der Waals surface area contributed by atoms with Crippen LogP contribution in [0.15, 0.2) is 36.9 Å². The van der Waals surface area contributed by atoms with Crippen molar-refractivity contribution in [3.8, 4) is 5.75 Å². The molecule has 2 rings (SSSR count). The highest BCUT2D eigenvalue weighted by Gasteiger charge is 2.23. The van der Waals surface area contributed by atoms with E-state index in [4.69, 9.17) is 10.5 Å². The van der Waals surface area contributed by atoms with Gasteiger partial charge in [0.1, 0.15) is 5.75 Å². The van der Waals surface area contributed by atoms with E-state index in [0.717, 1.165) is 18.6 Å². The molecule has 1 saturated carbocycles. The molecule has 1 unspecified atom stereocenters. The average Bonchev–Trinajstić information content (AvgIpc) is 3.13. The summed E-state index contributed by atoms with van der Waals surface area (Å²) in [4.78, 5) is 11.9. The minimum Gasteiger partial charge on any atom is -0.490 e. The van der Waals surface area contributed by atoms with Crippen LogP contribution in [-0.2, 0) is 0 Å². The molecule has 3 nitrogen and oxygen atoms in total. The number of carbonyl (C=O) groups is 1. The van der Waals surface area contributed by atoms with E-state index in [1.165, 1.54) is 0 Å². The summed E-state index contributed by atoms with van der Waals surface area (Å²) < 4.78 is 5.61. The second kappa shape index (κ2) is 5.15. The second-order valence-electron chi connectivity index (χ2n) is 4.34. The molecular formula is C14H17NO2.